The molecule has 1 amide bonds. The Morgan fingerprint density at radius 1 is 1.50 bits per heavy atom. The van der Waals surface area contributed by atoms with Crippen molar-refractivity contribution in [1.82, 2.24) is 15.1 Å². The number of nitrogens with zero attached hydrogens (tertiary/aromatic N) is 2. The lowest BCUT2D eigenvalue weighted by Gasteiger charge is -2.14. The zero-order chi connectivity index (χ0) is 13.7. The maximum absolute atomic E-state index is 12.1. The van der Waals surface area contributed by atoms with E-state index in [2.05, 4.69) is 33.3 Å². The quantitative estimate of drug-likeness (QED) is 0.820. The summed E-state index contributed by atoms with van der Waals surface area (Å²) in [7, 11) is 1.86. The normalized spacial score (nSPS) is 12.5. The molecule has 0 radical (unpaired) electrons. The van der Waals surface area contributed by atoms with E-state index in [9.17, 15) is 4.79 Å². The fourth-order valence-corrected chi connectivity index (χ4v) is 2.68. The summed E-state index contributed by atoms with van der Waals surface area (Å²) < 4.78 is 1.75. The van der Waals surface area contributed by atoms with E-state index in [0.29, 0.717) is 11.5 Å². The summed E-state index contributed by atoms with van der Waals surface area (Å²) in [5.74, 6) is 0.525. The fraction of sp³-hybridized carbons (Fsp3) is 0.692. The van der Waals surface area contributed by atoms with Crippen LogP contribution in [-0.4, -0.2) is 27.6 Å². The molecule has 0 aliphatic rings. The van der Waals surface area contributed by atoms with Crippen LogP contribution in [0.25, 0.3) is 0 Å². The molecule has 0 saturated carbocycles. The van der Waals surface area contributed by atoms with Crippen molar-refractivity contribution >= 4 is 21.8 Å². The van der Waals surface area contributed by atoms with Gasteiger partial charge in [-0.2, -0.15) is 5.10 Å². The van der Waals surface area contributed by atoms with E-state index in [1.165, 1.54) is 0 Å². The zero-order valence-electron chi connectivity index (χ0n) is 11.6. The summed E-state index contributed by atoms with van der Waals surface area (Å²) in [6.07, 6.45) is 2.17. The molecule has 0 aliphatic heterocycles. The predicted molar refractivity (Wildman–Crippen MR) is 77.2 cm³/mol. The van der Waals surface area contributed by atoms with Gasteiger partial charge < -0.3 is 5.32 Å². The standard InChI is InChI=1S/C13H22BrN3O/c1-5-11(6-7-14)8-15-13(18)12-9(2)16-17(4)10(12)3/h11H,5-8H2,1-4H3,(H,15,18). The second-order valence-corrected chi connectivity index (χ2v) is 5.42. The molecule has 0 spiro atoms. The molecular weight excluding hydrogens is 294 g/mol. The van der Waals surface area contributed by atoms with Crippen molar-refractivity contribution in [2.24, 2.45) is 13.0 Å². The van der Waals surface area contributed by atoms with E-state index in [1.54, 1.807) is 4.68 Å². The Kier molecular flexibility index (Phi) is 5.85. The van der Waals surface area contributed by atoms with Crippen LogP contribution in [-0.2, 0) is 7.05 Å². The lowest BCUT2D eigenvalue weighted by atomic mass is 10.0. The molecule has 1 N–H and O–H groups in total. The summed E-state index contributed by atoms with van der Waals surface area (Å²) in [5, 5.41) is 8.26. The molecule has 0 aromatic carbocycles. The largest absolute Gasteiger partial charge is 0.352 e. The van der Waals surface area contributed by atoms with Crippen molar-refractivity contribution in [3.05, 3.63) is 17.0 Å². The number of halogens is 1. The van der Waals surface area contributed by atoms with Crippen molar-refractivity contribution in [3.8, 4) is 0 Å². The van der Waals surface area contributed by atoms with Gasteiger partial charge in [0.25, 0.3) is 5.91 Å². The summed E-state index contributed by atoms with van der Waals surface area (Å²) >= 11 is 3.44. The number of hydrogen-bond acceptors (Lipinski definition) is 2. The number of aryl methyl sites for hydroxylation is 2. The highest BCUT2D eigenvalue weighted by Crippen LogP contribution is 2.13. The fourth-order valence-electron chi connectivity index (χ4n) is 2.03. The average Bonchev–Trinajstić information content (AvgIpc) is 2.58. The van der Waals surface area contributed by atoms with E-state index >= 15 is 0 Å². The molecule has 1 atom stereocenters. The van der Waals surface area contributed by atoms with Gasteiger partial charge in [0, 0.05) is 24.6 Å². The first kappa shape index (κ1) is 15.2. The minimum Gasteiger partial charge on any atom is -0.352 e. The molecule has 1 rings (SSSR count). The van der Waals surface area contributed by atoms with E-state index in [4.69, 9.17) is 0 Å². The maximum Gasteiger partial charge on any atom is 0.255 e. The molecule has 0 fully saturated rings. The van der Waals surface area contributed by atoms with E-state index in [1.807, 2.05) is 20.9 Å². The van der Waals surface area contributed by atoms with Crippen LogP contribution < -0.4 is 5.32 Å². The predicted octanol–water partition coefficient (Wildman–Crippen LogP) is 2.58. The monoisotopic (exact) mass is 315 g/mol. The number of rotatable bonds is 6. The van der Waals surface area contributed by atoms with Gasteiger partial charge in [-0.25, -0.2) is 0 Å². The van der Waals surface area contributed by atoms with Gasteiger partial charge in [-0.3, -0.25) is 9.48 Å². The topological polar surface area (TPSA) is 46.9 Å². The van der Waals surface area contributed by atoms with E-state index < -0.39 is 0 Å². The third kappa shape index (κ3) is 3.57. The van der Waals surface area contributed by atoms with Gasteiger partial charge in [0.15, 0.2) is 0 Å². The number of amides is 1. The van der Waals surface area contributed by atoms with Crippen LogP contribution in [0, 0.1) is 19.8 Å². The highest BCUT2D eigenvalue weighted by molar-refractivity contribution is 9.09. The van der Waals surface area contributed by atoms with Crippen molar-refractivity contribution < 1.29 is 4.79 Å². The summed E-state index contributed by atoms with van der Waals surface area (Å²) in [4.78, 5) is 12.1. The first-order valence-electron chi connectivity index (χ1n) is 6.35. The average molecular weight is 316 g/mol. The zero-order valence-corrected chi connectivity index (χ0v) is 13.2. The molecule has 4 nitrogen and oxygen atoms in total. The third-order valence-electron chi connectivity index (χ3n) is 3.38. The highest BCUT2D eigenvalue weighted by atomic mass is 79.9. The molecule has 0 saturated heterocycles. The van der Waals surface area contributed by atoms with E-state index in [-0.39, 0.29) is 5.91 Å². The molecule has 1 heterocycles. The van der Waals surface area contributed by atoms with Crippen LogP contribution in [0.1, 0.15) is 41.5 Å². The van der Waals surface area contributed by atoms with Gasteiger partial charge in [0.2, 0.25) is 0 Å². The van der Waals surface area contributed by atoms with Gasteiger partial charge in [0.1, 0.15) is 0 Å². The number of carbonyl (C=O) groups is 1. The highest BCUT2D eigenvalue weighted by Gasteiger charge is 2.17. The molecule has 1 unspecified atom stereocenters. The Hall–Kier alpha value is -0.840. The number of nitrogens with one attached hydrogen (secondary N) is 1. The van der Waals surface area contributed by atoms with Gasteiger partial charge in [-0.05, 0) is 26.2 Å². The Morgan fingerprint density at radius 3 is 2.61 bits per heavy atom. The summed E-state index contributed by atoms with van der Waals surface area (Å²) in [6.45, 7) is 6.68. The van der Waals surface area contributed by atoms with Crippen LogP contribution >= 0.6 is 15.9 Å². The lowest BCUT2D eigenvalue weighted by Crippen LogP contribution is -2.30. The first-order chi connectivity index (χ1) is 8.51. The maximum atomic E-state index is 12.1. The molecule has 102 valence electrons. The Balaban J connectivity index is 2.65. The van der Waals surface area contributed by atoms with Crippen molar-refractivity contribution in [2.45, 2.75) is 33.6 Å². The first-order valence-corrected chi connectivity index (χ1v) is 7.47. The molecule has 1 aromatic heterocycles. The number of aromatic nitrogens is 2. The second-order valence-electron chi connectivity index (χ2n) is 4.63. The smallest absolute Gasteiger partial charge is 0.255 e. The van der Waals surface area contributed by atoms with Crippen molar-refractivity contribution in [1.29, 1.82) is 0 Å². The Morgan fingerprint density at radius 2 is 2.17 bits per heavy atom. The SMILES string of the molecule is CCC(CCBr)CNC(=O)c1c(C)nn(C)c1C. The van der Waals surface area contributed by atoms with Crippen molar-refractivity contribution in [2.75, 3.05) is 11.9 Å². The van der Waals surface area contributed by atoms with Crippen LogP contribution in [0.3, 0.4) is 0 Å². The number of hydrogen-bond donors (Lipinski definition) is 1. The Labute approximate surface area is 117 Å². The van der Waals surface area contributed by atoms with Gasteiger partial charge in [-0.15, -0.1) is 0 Å². The summed E-state index contributed by atoms with van der Waals surface area (Å²) in [5.41, 5.74) is 2.42. The number of carbonyl (C=O) groups excluding carboxylic acids is 1. The van der Waals surface area contributed by atoms with Crippen LogP contribution in [0.5, 0.6) is 0 Å². The van der Waals surface area contributed by atoms with Gasteiger partial charge >= 0.3 is 0 Å². The van der Waals surface area contributed by atoms with Gasteiger partial charge in [0.05, 0.1) is 11.3 Å². The summed E-state index contributed by atoms with van der Waals surface area (Å²) in [6, 6.07) is 0. The van der Waals surface area contributed by atoms with Crippen LogP contribution in [0.15, 0.2) is 0 Å². The van der Waals surface area contributed by atoms with Crippen molar-refractivity contribution in [3.63, 3.8) is 0 Å². The molecule has 1 aromatic rings. The molecule has 0 aliphatic carbocycles. The Bertz CT molecular complexity index is 415. The van der Waals surface area contributed by atoms with Gasteiger partial charge in [-0.1, -0.05) is 29.3 Å². The molecule has 5 heteroatoms. The minimum atomic E-state index is -0.00822. The number of alkyl halides is 1. The third-order valence-corrected chi connectivity index (χ3v) is 3.84. The molecule has 18 heavy (non-hydrogen) atoms. The van der Waals surface area contributed by atoms with Crippen LogP contribution in [0.2, 0.25) is 0 Å². The second kappa shape index (κ2) is 6.92. The minimum absolute atomic E-state index is 0.00822. The lowest BCUT2D eigenvalue weighted by molar-refractivity contribution is 0.0945. The molecule has 0 bridgehead atoms. The van der Waals surface area contributed by atoms with E-state index in [0.717, 1.165) is 36.1 Å². The van der Waals surface area contributed by atoms with Crippen LogP contribution in [0.4, 0.5) is 0 Å². The molecular formula is C13H22BrN3O.